The molecule has 2 aromatic carbocycles. The maximum Gasteiger partial charge on any atom is 0.255 e. The molecule has 0 fully saturated rings. The van der Waals surface area contributed by atoms with E-state index in [0.717, 1.165) is 11.1 Å². The third kappa shape index (κ3) is 3.99. The monoisotopic (exact) mass is 472 g/mol. The number of allylic oxidation sites excluding steroid dienone is 1. The van der Waals surface area contributed by atoms with Crippen molar-refractivity contribution in [1.29, 1.82) is 0 Å². The van der Waals surface area contributed by atoms with E-state index in [1.165, 1.54) is 0 Å². The number of para-hydroxylation sites is 1. The number of pyridine rings is 1. The molecule has 3 heterocycles. The molecule has 0 spiro atoms. The Kier molecular flexibility index (Phi) is 5.73. The van der Waals surface area contributed by atoms with Gasteiger partial charge in [0, 0.05) is 28.0 Å². The van der Waals surface area contributed by atoms with Crippen molar-refractivity contribution in [2.45, 2.75) is 13.0 Å². The van der Waals surface area contributed by atoms with Crippen LogP contribution in [0.3, 0.4) is 0 Å². The second-order valence-electron chi connectivity index (χ2n) is 7.71. The Labute approximate surface area is 201 Å². The molecule has 1 unspecified atom stereocenters. The first-order valence-corrected chi connectivity index (χ1v) is 11.0. The van der Waals surface area contributed by atoms with Crippen LogP contribution in [0.5, 0.6) is 5.75 Å². The van der Waals surface area contributed by atoms with Crippen molar-refractivity contribution in [2.75, 3.05) is 17.7 Å². The molecule has 0 saturated carbocycles. The van der Waals surface area contributed by atoms with Crippen LogP contribution in [0, 0.1) is 0 Å². The van der Waals surface area contributed by atoms with E-state index in [-0.39, 0.29) is 5.91 Å². The maximum atomic E-state index is 13.5. The average molecular weight is 473 g/mol. The second kappa shape index (κ2) is 8.99. The molecule has 34 heavy (non-hydrogen) atoms. The Hall–Kier alpha value is -4.17. The van der Waals surface area contributed by atoms with Crippen LogP contribution in [-0.2, 0) is 4.79 Å². The van der Waals surface area contributed by atoms with Crippen molar-refractivity contribution in [3.8, 4) is 17.1 Å². The standard InChI is InChI=1S/C25H21ClN6O2/c1-15-21(24(33)29-18-6-5-13-27-14-18)22(19-7-3-4-8-20(19)34-2)32-25(28-15)30-23(31-32)16-9-11-17(26)12-10-16/h3-14,22H,1-2H3,(H,29,33)(H,28,30,31). The van der Waals surface area contributed by atoms with Crippen molar-refractivity contribution in [3.05, 3.63) is 94.9 Å². The summed E-state index contributed by atoms with van der Waals surface area (Å²) in [5.74, 6) is 1.41. The molecule has 0 radical (unpaired) electrons. The van der Waals surface area contributed by atoms with E-state index in [0.29, 0.717) is 39.5 Å². The van der Waals surface area contributed by atoms with Crippen LogP contribution in [0.25, 0.3) is 11.4 Å². The van der Waals surface area contributed by atoms with Crippen molar-refractivity contribution >= 4 is 29.1 Å². The number of amides is 1. The van der Waals surface area contributed by atoms with Gasteiger partial charge in [-0.1, -0.05) is 29.8 Å². The zero-order valence-corrected chi connectivity index (χ0v) is 19.2. The predicted molar refractivity (Wildman–Crippen MR) is 131 cm³/mol. The first-order valence-electron chi connectivity index (χ1n) is 10.6. The zero-order chi connectivity index (χ0) is 23.7. The predicted octanol–water partition coefficient (Wildman–Crippen LogP) is 4.93. The molecule has 2 N–H and O–H groups in total. The first kappa shape index (κ1) is 21.7. The molecule has 1 atom stereocenters. The van der Waals surface area contributed by atoms with Crippen LogP contribution in [0.1, 0.15) is 18.5 Å². The summed E-state index contributed by atoms with van der Waals surface area (Å²) in [4.78, 5) is 22.3. The first-order chi connectivity index (χ1) is 16.5. The number of methoxy groups -OCH3 is 1. The number of nitrogens with one attached hydrogen (secondary N) is 2. The minimum absolute atomic E-state index is 0.275. The number of nitrogens with zero attached hydrogens (tertiary/aromatic N) is 4. The molecule has 0 bridgehead atoms. The largest absolute Gasteiger partial charge is 0.496 e. The molecule has 8 nitrogen and oxygen atoms in total. The van der Waals surface area contributed by atoms with Crippen LogP contribution >= 0.6 is 11.6 Å². The topological polar surface area (TPSA) is 94.0 Å². The molecular formula is C25H21ClN6O2. The Balaban J connectivity index is 1.63. The van der Waals surface area contributed by atoms with E-state index in [9.17, 15) is 4.79 Å². The molecule has 2 aromatic heterocycles. The smallest absolute Gasteiger partial charge is 0.255 e. The van der Waals surface area contributed by atoms with Crippen molar-refractivity contribution in [2.24, 2.45) is 0 Å². The van der Waals surface area contributed by atoms with Gasteiger partial charge in [0.05, 0.1) is 24.6 Å². The highest BCUT2D eigenvalue weighted by Gasteiger charge is 2.36. The third-order valence-electron chi connectivity index (χ3n) is 5.55. The van der Waals surface area contributed by atoms with Crippen molar-refractivity contribution < 1.29 is 9.53 Å². The van der Waals surface area contributed by atoms with Gasteiger partial charge in [-0.05, 0) is 49.4 Å². The molecule has 170 valence electrons. The summed E-state index contributed by atoms with van der Waals surface area (Å²) in [6, 6.07) is 17.9. The minimum Gasteiger partial charge on any atom is -0.496 e. The lowest BCUT2D eigenvalue weighted by molar-refractivity contribution is -0.113. The fourth-order valence-electron chi connectivity index (χ4n) is 3.98. The molecule has 4 aromatic rings. The van der Waals surface area contributed by atoms with Gasteiger partial charge in [-0.15, -0.1) is 5.10 Å². The summed E-state index contributed by atoms with van der Waals surface area (Å²) in [6.07, 6.45) is 3.25. The second-order valence-corrected chi connectivity index (χ2v) is 8.15. The van der Waals surface area contributed by atoms with Gasteiger partial charge in [0.15, 0.2) is 5.82 Å². The fourth-order valence-corrected chi connectivity index (χ4v) is 4.11. The lowest BCUT2D eigenvalue weighted by atomic mass is 9.94. The van der Waals surface area contributed by atoms with E-state index in [1.807, 2.05) is 43.3 Å². The van der Waals surface area contributed by atoms with Crippen molar-refractivity contribution in [3.63, 3.8) is 0 Å². The Morgan fingerprint density at radius 1 is 1.12 bits per heavy atom. The van der Waals surface area contributed by atoms with Gasteiger partial charge in [-0.2, -0.15) is 4.98 Å². The molecule has 1 amide bonds. The fraction of sp³-hybridized carbons (Fsp3) is 0.120. The summed E-state index contributed by atoms with van der Waals surface area (Å²) in [5.41, 5.74) is 3.35. The normalized spacial score (nSPS) is 14.9. The van der Waals surface area contributed by atoms with Crippen LogP contribution in [0.2, 0.25) is 5.02 Å². The quantitative estimate of drug-likeness (QED) is 0.427. The number of hydrogen-bond acceptors (Lipinski definition) is 6. The summed E-state index contributed by atoms with van der Waals surface area (Å²) in [7, 11) is 1.60. The lowest BCUT2D eigenvalue weighted by Crippen LogP contribution is -2.31. The van der Waals surface area contributed by atoms with Crippen LogP contribution in [-0.4, -0.2) is 32.8 Å². The van der Waals surface area contributed by atoms with Crippen molar-refractivity contribution in [1.82, 2.24) is 19.7 Å². The molecule has 1 aliphatic rings. The van der Waals surface area contributed by atoms with E-state index >= 15 is 0 Å². The highest BCUT2D eigenvalue weighted by Crippen LogP contribution is 2.40. The number of rotatable bonds is 5. The van der Waals surface area contributed by atoms with Gasteiger partial charge in [0.1, 0.15) is 11.8 Å². The Bertz CT molecular complexity index is 1380. The summed E-state index contributed by atoms with van der Waals surface area (Å²) in [5, 5.41) is 11.6. The molecule has 5 rings (SSSR count). The Morgan fingerprint density at radius 3 is 2.65 bits per heavy atom. The lowest BCUT2D eigenvalue weighted by Gasteiger charge is -2.29. The highest BCUT2D eigenvalue weighted by atomic mass is 35.5. The Morgan fingerprint density at radius 2 is 1.91 bits per heavy atom. The maximum absolute atomic E-state index is 13.5. The van der Waals surface area contributed by atoms with E-state index in [2.05, 4.69) is 15.6 Å². The van der Waals surface area contributed by atoms with E-state index in [1.54, 1.807) is 48.5 Å². The van der Waals surface area contributed by atoms with Gasteiger partial charge in [0.2, 0.25) is 5.95 Å². The number of carbonyl (C=O) groups is 1. The molecule has 1 aliphatic heterocycles. The van der Waals surface area contributed by atoms with Crippen LogP contribution in [0.4, 0.5) is 11.6 Å². The number of hydrogen-bond donors (Lipinski definition) is 2. The number of ether oxygens (including phenoxy) is 1. The van der Waals surface area contributed by atoms with Crippen LogP contribution < -0.4 is 15.4 Å². The molecular weight excluding hydrogens is 452 g/mol. The average Bonchev–Trinajstić information content (AvgIpc) is 3.27. The molecule has 0 saturated heterocycles. The summed E-state index contributed by atoms with van der Waals surface area (Å²) in [6.45, 7) is 1.85. The zero-order valence-electron chi connectivity index (χ0n) is 18.5. The van der Waals surface area contributed by atoms with Gasteiger partial charge in [0.25, 0.3) is 5.91 Å². The number of carbonyl (C=O) groups excluding carboxylic acids is 1. The number of fused-ring (bicyclic) bond motifs is 1. The molecule has 0 aliphatic carbocycles. The van der Waals surface area contributed by atoms with E-state index in [4.69, 9.17) is 26.4 Å². The SMILES string of the molecule is COc1ccccc1C1C(C(=O)Nc2cccnc2)=C(C)Nc2nc(-c3ccc(Cl)cc3)nn21. The summed E-state index contributed by atoms with van der Waals surface area (Å²) >= 11 is 6.05. The number of benzene rings is 2. The molecule has 9 heteroatoms. The number of aromatic nitrogens is 4. The van der Waals surface area contributed by atoms with Gasteiger partial charge in [-0.3, -0.25) is 9.78 Å². The summed E-state index contributed by atoms with van der Waals surface area (Å²) < 4.78 is 7.35. The minimum atomic E-state index is -0.572. The van der Waals surface area contributed by atoms with Crippen LogP contribution in [0.15, 0.2) is 84.3 Å². The number of anilines is 2. The third-order valence-corrected chi connectivity index (χ3v) is 5.80. The highest BCUT2D eigenvalue weighted by molar-refractivity contribution is 6.30. The van der Waals surface area contributed by atoms with Gasteiger partial charge in [-0.25, -0.2) is 4.68 Å². The van der Waals surface area contributed by atoms with Gasteiger partial charge < -0.3 is 15.4 Å². The van der Waals surface area contributed by atoms with Gasteiger partial charge >= 0.3 is 0 Å². The van der Waals surface area contributed by atoms with E-state index < -0.39 is 6.04 Å². The number of halogens is 1.